The Morgan fingerprint density at radius 1 is 0.757 bits per heavy atom. The molecular formula is C32H30ClNO3. The Morgan fingerprint density at radius 3 is 1.78 bits per heavy atom. The zero-order valence-corrected chi connectivity index (χ0v) is 22.4. The molecule has 0 aromatic heterocycles. The van der Waals surface area contributed by atoms with Gasteiger partial charge in [-0.1, -0.05) is 66.2 Å². The number of hydrogen-bond acceptors (Lipinski definition) is 3. The lowest BCUT2D eigenvalue weighted by Gasteiger charge is -2.31. The number of amides is 1. The number of nitrogens with one attached hydrogen (secondary N) is 1. The number of halogens is 1. The van der Waals surface area contributed by atoms with Gasteiger partial charge in [0.15, 0.2) is 0 Å². The third-order valence-corrected chi connectivity index (χ3v) is 8.12. The predicted molar refractivity (Wildman–Crippen MR) is 149 cm³/mol. The number of anilines is 1. The molecule has 5 rings (SSSR count). The third kappa shape index (κ3) is 3.79. The van der Waals surface area contributed by atoms with E-state index in [0.717, 1.165) is 39.1 Å². The molecule has 4 aromatic carbocycles. The van der Waals surface area contributed by atoms with E-state index in [2.05, 4.69) is 11.4 Å². The largest absolute Gasteiger partial charge is 0.507 e. The third-order valence-electron chi connectivity index (χ3n) is 7.75. The van der Waals surface area contributed by atoms with Gasteiger partial charge >= 0.3 is 0 Å². The summed E-state index contributed by atoms with van der Waals surface area (Å²) in [5.74, 6) is 0.290. The van der Waals surface area contributed by atoms with Crippen LogP contribution in [0.25, 0.3) is 0 Å². The maximum absolute atomic E-state index is 14.2. The molecule has 0 saturated heterocycles. The average Bonchev–Trinajstić information content (AvgIpc) is 3.16. The first kappa shape index (κ1) is 24.9. The molecule has 0 bridgehead atoms. The second kappa shape index (κ2) is 8.97. The Morgan fingerprint density at radius 2 is 1.27 bits per heavy atom. The first-order valence-corrected chi connectivity index (χ1v) is 12.7. The van der Waals surface area contributed by atoms with E-state index >= 15 is 0 Å². The van der Waals surface area contributed by atoms with Crippen molar-refractivity contribution in [2.45, 2.75) is 46.5 Å². The van der Waals surface area contributed by atoms with Gasteiger partial charge in [0.05, 0.1) is 0 Å². The van der Waals surface area contributed by atoms with Crippen molar-refractivity contribution in [1.29, 1.82) is 0 Å². The molecule has 3 N–H and O–H groups in total. The minimum absolute atomic E-state index is 0.158. The molecule has 1 aliphatic heterocycles. The fourth-order valence-electron chi connectivity index (χ4n) is 5.68. The van der Waals surface area contributed by atoms with Crippen LogP contribution in [-0.4, -0.2) is 16.1 Å². The molecule has 188 valence electrons. The number of aryl methyl sites for hydroxylation is 4. The summed E-state index contributed by atoms with van der Waals surface area (Å²) in [6.07, 6.45) is 0.649. The molecular weight excluding hydrogens is 482 g/mol. The van der Waals surface area contributed by atoms with Crippen LogP contribution in [0.4, 0.5) is 5.69 Å². The lowest BCUT2D eigenvalue weighted by molar-refractivity contribution is -0.118. The van der Waals surface area contributed by atoms with Gasteiger partial charge < -0.3 is 15.5 Å². The number of aromatic hydroxyl groups is 2. The zero-order valence-electron chi connectivity index (χ0n) is 21.7. The van der Waals surface area contributed by atoms with Gasteiger partial charge in [-0.15, -0.1) is 0 Å². The van der Waals surface area contributed by atoms with Crippen molar-refractivity contribution >= 4 is 23.2 Å². The minimum Gasteiger partial charge on any atom is -0.507 e. The highest BCUT2D eigenvalue weighted by Gasteiger charge is 2.51. The molecule has 0 unspecified atom stereocenters. The summed E-state index contributed by atoms with van der Waals surface area (Å²) in [6, 6.07) is 19.5. The molecule has 0 spiro atoms. The van der Waals surface area contributed by atoms with Gasteiger partial charge in [-0.05, 0) is 97.2 Å². The van der Waals surface area contributed by atoms with Crippen molar-refractivity contribution in [2.24, 2.45) is 0 Å². The second-order valence-electron chi connectivity index (χ2n) is 10.2. The molecule has 4 nitrogen and oxygen atoms in total. The number of carbonyl (C=O) groups excluding carboxylic acids is 1. The van der Waals surface area contributed by atoms with Crippen LogP contribution in [0.2, 0.25) is 5.02 Å². The first-order chi connectivity index (χ1) is 17.5. The van der Waals surface area contributed by atoms with Gasteiger partial charge in [0.1, 0.15) is 16.9 Å². The number of benzene rings is 4. The number of rotatable bonds is 4. The van der Waals surface area contributed by atoms with Gasteiger partial charge in [0.2, 0.25) is 5.91 Å². The van der Waals surface area contributed by atoms with Crippen molar-refractivity contribution < 1.29 is 15.0 Å². The summed E-state index contributed by atoms with van der Waals surface area (Å²) in [6.45, 7) is 9.41. The molecule has 0 saturated carbocycles. The SMILES string of the molecule is Cc1cc(C2(c3cc(C)c(O)c(C)c3)C(=O)Nc3c2ccc(Cc2ccccc2Cl)c3C)cc(C)c1O. The summed E-state index contributed by atoms with van der Waals surface area (Å²) in [5, 5.41) is 24.9. The van der Waals surface area contributed by atoms with E-state index in [0.29, 0.717) is 33.7 Å². The smallest absolute Gasteiger partial charge is 0.244 e. The van der Waals surface area contributed by atoms with Gasteiger partial charge in [-0.2, -0.15) is 0 Å². The van der Waals surface area contributed by atoms with Crippen LogP contribution in [0, 0.1) is 34.6 Å². The zero-order chi connectivity index (χ0) is 26.6. The Kier molecular flexibility index (Phi) is 6.04. The van der Waals surface area contributed by atoms with Crippen LogP contribution in [0.3, 0.4) is 0 Å². The fraction of sp³-hybridized carbons (Fsp3) is 0.219. The highest BCUT2D eigenvalue weighted by molar-refractivity contribution is 6.31. The monoisotopic (exact) mass is 511 g/mol. The summed E-state index contributed by atoms with van der Waals surface area (Å²) in [4.78, 5) is 14.2. The molecule has 0 fully saturated rings. The molecule has 0 radical (unpaired) electrons. The predicted octanol–water partition coefficient (Wildman–Crippen LogP) is 7.17. The van der Waals surface area contributed by atoms with Crippen LogP contribution >= 0.6 is 11.6 Å². The lowest BCUT2D eigenvalue weighted by Crippen LogP contribution is -2.37. The van der Waals surface area contributed by atoms with Gasteiger partial charge in [0, 0.05) is 16.3 Å². The molecule has 1 heterocycles. The lowest BCUT2D eigenvalue weighted by atomic mass is 9.68. The van der Waals surface area contributed by atoms with Crippen molar-refractivity contribution in [1.82, 2.24) is 0 Å². The van der Waals surface area contributed by atoms with E-state index in [1.54, 1.807) is 0 Å². The number of fused-ring (bicyclic) bond motifs is 1. The van der Waals surface area contributed by atoms with Crippen LogP contribution in [0.5, 0.6) is 11.5 Å². The Hall–Kier alpha value is -3.76. The van der Waals surface area contributed by atoms with Crippen molar-refractivity contribution in [3.8, 4) is 11.5 Å². The van der Waals surface area contributed by atoms with Crippen molar-refractivity contribution in [3.63, 3.8) is 0 Å². The fourth-order valence-corrected chi connectivity index (χ4v) is 5.88. The quantitative estimate of drug-likeness (QED) is 0.272. The van der Waals surface area contributed by atoms with E-state index in [1.807, 2.05) is 89.2 Å². The molecule has 4 aromatic rings. The summed E-state index contributed by atoms with van der Waals surface area (Å²) in [5.41, 5.74) is 7.97. The summed E-state index contributed by atoms with van der Waals surface area (Å²) < 4.78 is 0. The molecule has 5 heteroatoms. The van der Waals surface area contributed by atoms with Gasteiger partial charge in [-0.3, -0.25) is 4.79 Å². The highest BCUT2D eigenvalue weighted by Crippen LogP contribution is 2.51. The summed E-state index contributed by atoms with van der Waals surface area (Å²) in [7, 11) is 0. The number of hydrogen-bond donors (Lipinski definition) is 3. The maximum atomic E-state index is 14.2. The normalized spacial score (nSPS) is 13.9. The molecule has 0 aliphatic carbocycles. The average molecular weight is 512 g/mol. The van der Waals surface area contributed by atoms with Crippen LogP contribution in [0.15, 0.2) is 60.7 Å². The minimum atomic E-state index is -1.14. The standard InChI is InChI=1S/C32H30ClNO3/c1-17-12-24(13-18(2)29(17)35)32(25-14-19(3)30(36)20(4)15-25)26-11-10-22(21(5)28(26)34-31(32)37)16-23-8-6-7-9-27(23)33/h6-15,35-36H,16H2,1-5H3,(H,34,37). The molecule has 37 heavy (non-hydrogen) atoms. The van der Waals surface area contributed by atoms with Crippen molar-refractivity contribution in [3.05, 3.63) is 121 Å². The maximum Gasteiger partial charge on any atom is 0.244 e. The van der Waals surface area contributed by atoms with Crippen LogP contribution in [0.1, 0.15) is 55.6 Å². The van der Waals surface area contributed by atoms with E-state index in [-0.39, 0.29) is 17.4 Å². The van der Waals surface area contributed by atoms with Crippen molar-refractivity contribution in [2.75, 3.05) is 5.32 Å². The highest BCUT2D eigenvalue weighted by atomic mass is 35.5. The second-order valence-corrected chi connectivity index (χ2v) is 10.6. The van der Waals surface area contributed by atoms with Gasteiger partial charge in [-0.25, -0.2) is 0 Å². The van der Waals surface area contributed by atoms with E-state index in [1.165, 1.54) is 0 Å². The van der Waals surface area contributed by atoms with E-state index in [9.17, 15) is 15.0 Å². The molecule has 1 amide bonds. The topological polar surface area (TPSA) is 69.6 Å². The number of phenolic OH excluding ortho intramolecular Hbond substituents is 2. The van der Waals surface area contributed by atoms with Crippen LogP contribution < -0.4 is 5.32 Å². The number of carbonyl (C=O) groups is 1. The van der Waals surface area contributed by atoms with Gasteiger partial charge in [0.25, 0.3) is 0 Å². The summed E-state index contributed by atoms with van der Waals surface area (Å²) >= 11 is 6.45. The Balaban J connectivity index is 1.79. The number of phenols is 2. The molecule has 0 atom stereocenters. The Labute approximate surface area is 222 Å². The first-order valence-electron chi connectivity index (χ1n) is 12.3. The molecule has 1 aliphatic rings. The van der Waals surface area contributed by atoms with Crippen LogP contribution in [-0.2, 0) is 16.6 Å². The van der Waals surface area contributed by atoms with E-state index in [4.69, 9.17) is 11.6 Å². The Bertz CT molecular complexity index is 1480. The van der Waals surface area contributed by atoms with E-state index < -0.39 is 5.41 Å².